The van der Waals surface area contributed by atoms with Crippen LogP contribution in [0.5, 0.6) is 0 Å². The zero-order valence-corrected chi connectivity index (χ0v) is 8.51. The molecule has 0 aliphatic carbocycles. The van der Waals surface area contributed by atoms with Crippen molar-refractivity contribution in [2.45, 2.75) is 25.9 Å². The fourth-order valence-electron chi connectivity index (χ4n) is 1.53. The van der Waals surface area contributed by atoms with Crippen molar-refractivity contribution < 1.29 is 0 Å². The molecule has 0 aromatic rings. The summed E-state index contributed by atoms with van der Waals surface area (Å²) in [5, 5.41) is 3.44. The summed E-state index contributed by atoms with van der Waals surface area (Å²) in [5.74, 6) is 0. The van der Waals surface area contributed by atoms with E-state index in [1.807, 2.05) is 6.08 Å². The molecule has 0 amide bonds. The molecule has 3 heteroatoms. The topological polar surface area (TPSA) is 15.3 Å². The van der Waals surface area contributed by atoms with Gasteiger partial charge in [0.2, 0.25) is 0 Å². The zero-order valence-electron chi connectivity index (χ0n) is 7.76. The fourth-order valence-corrected chi connectivity index (χ4v) is 1.61. The molecule has 1 N–H and O–H groups in total. The second kappa shape index (κ2) is 4.85. The maximum atomic E-state index is 5.48. The highest BCUT2D eigenvalue weighted by Gasteiger charge is 2.20. The first-order chi connectivity index (χ1) is 5.74. The van der Waals surface area contributed by atoms with Gasteiger partial charge in [0.05, 0.1) is 0 Å². The van der Waals surface area contributed by atoms with Crippen LogP contribution in [-0.2, 0) is 0 Å². The largest absolute Gasteiger partial charge is 0.311 e. The number of halogens is 1. The van der Waals surface area contributed by atoms with E-state index in [9.17, 15) is 0 Å². The number of rotatable bonds is 2. The number of piperazine rings is 1. The summed E-state index contributed by atoms with van der Waals surface area (Å²) in [6.45, 7) is 7.61. The molecule has 12 heavy (non-hydrogen) atoms. The summed E-state index contributed by atoms with van der Waals surface area (Å²) in [4.78, 5) is 2.43. The average Bonchev–Trinajstić information content (AvgIpc) is 2.07. The molecule has 0 aromatic carbocycles. The molecule has 1 aliphatic rings. The van der Waals surface area contributed by atoms with Crippen molar-refractivity contribution in [1.82, 2.24) is 10.2 Å². The number of hydrogen-bond donors (Lipinski definition) is 1. The van der Waals surface area contributed by atoms with E-state index in [4.69, 9.17) is 11.6 Å². The van der Waals surface area contributed by atoms with Crippen LogP contribution < -0.4 is 5.32 Å². The predicted molar refractivity (Wildman–Crippen MR) is 53.5 cm³/mol. The molecule has 0 radical (unpaired) electrons. The van der Waals surface area contributed by atoms with E-state index in [-0.39, 0.29) is 0 Å². The Balaban J connectivity index is 2.38. The molecule has 0 aromatic heterocycles. The molecule has 1 heterocycles. The highest BCUT2D eigenvalue weighted by Crippen LogP contribution is 2.05. The third-order valence-corrected chi connectivity index (χ3v) is 2.50. The van der Waals surface area contributed by atoms with Gasteiger partial charge in [0.1, 0.15) is 0 Å². The smallest absolute Gasteiger partial charge is 0.0196 e. The Morgan fingerprint density at radius 3 is 3.00 bits per heavy atom. The normalized spacial score (nSPS) is 32.9. The molecule has 1 aliphatic heterocycles. The van der Waals surface area contributed by atoms with Crippen LogP contribution in [0, 0.1) is 0 Å². The Bertz CT molecular complexity index is 159. The molecular formula is C9H17ClN2. The van der Waals surface area contributed by atoms with Crippen LogP contribution in [-0.4, -0.2) is 36.6 Å². The maximum Gasteiger partial charge on any atom is 0.0196 e. The van der Waals surface area contributed by atoms with E-state index in [0.717, 1.165) is 19.6 Å². The lowest BCUT2D eigenvalue weighted by molar-refractivity contribution is 0.163. The first-order valence-corrected chi connectivity index (χ1v) is 4.90. The second-order valence-electron chi connectivity index (χ2n) is 3.47. The quantitative estimate of drug-likeness (QED) is 0.706. The molecule has 1 rings (SSSR count). The van der Waals surface area contributed by atoms with Crippen LogP contribution in [0.25, 0.3) is 0 Å². The van der Waals surface area contributed by atoms with Crippen LogP contribution in [0.2, 0.25) is 0 Å². The van der Waals surface area contributed by atoms with Crippen LogP contribution >= 0.6 is 11.6 Å². The van der Waals surface area contributed by atoms with Gasteiger partial charge in [0.25, 0.3) is 0 Å². The molecule has 2 atom stereocenters. The molecule has 1 saturated heterocycles. The zero-order chi connectivity index (χ0) is 8.97. The van der Waals surface area contributed by atoms with E-state index in [1.165, 1.54) is 0 Å². The molecule has 0 saturated carbocycles. The van der Waals surface area contributed by atoms with Crippen molar-refractivity contribution in [3.63, 3.8) is 0 Å². The third kappa shape index (κ3) is 2.77. The van der Waals surface area contributed by atoms with Gasteiger partial charge in [-0.15, -0.1) is 0 Å². The predicted octanol–water partition coefficient (Wildman–Crippen LogP) is 1.42. The van der Waals surface area contributed by atoms with E-state index < -0.39 is 0 Å². The van der Waals surface area contributed by atoms with Gasteiger partial charge in [-0.1, -0.05) is 17.7 Å². The van der Waals surface area contributed by atoms with Crippen LogP contribution in [0.3, 0.4) is 0 Å². The lowest BCUT2D eigenvalue weighted by Crippen LogP contribution is -2.54. The minimum Gasteiger partial charge on any atom is -0.311 e. The molecule has 70 valence electrons. The first kappa shape index (κ1) is 10.0. The van der Waals surface area contributed by atoms with Crippen molar-refractivity contribution in [2.75, 3.05) is 19.6 Å². The highest BCUT2D eigenvalue weighted by molar-refractivity contribution is 6.25. The van der Waals surface area contributed by atoms with Gasteiger partial charge in [-0.25, -0.2) is 0 Å². The molecule has 2 nitrogen and oxygen atoms in total. The summed E-state index contributed by atoms with van der Waals surface area (Å²) >= 11 is 5.48. The van der Waals surface area contributed by atoms with Crippen LogP contribution in [0.1, 0.15) is 13.8 Å². The summed E-state index contributed by atoms with van der Waals surface area (Å²) < 4.78 is 0. The summed E-state index contributed by atoms with van der Waals surface area (Å²) in [7, 11) is 0. The monoisotopic (exact) mass is 188 g/mol. The SMILES string of the molecule is CC1CN(C/C=C/Cl)C(C)CN1. The fraction of sp³-hybridized carbons (Fsp3) is 0.778. The van der Waals surface area contributed by atoms with E-state index >= 15 is 0 Å². The minimum absolute atomic E-state index is 0.602. The van der Waals surface area contributed by atoms with Gasteiger partial charge in [0.15, 0.2) is 0 Å². The Morgan fingerprint density at radius 2 is 2.33 bits per heavy atom. The summed E-state index contributed by atoms with van der Waals surface area (Å²) in [6, 6.07) is 1.22. The lowest BCUT2D eigenvalue weighted by atomic mass is 10.1. The first-order valence-electron chi connectivity index (χ1n) is 4.46. The minimum atomic E-state index is 0.602. The van der Waals surface area contributed by atoms with Crippen molar-refractivity contribution >= 4 is 11.6 Å². The Labute approximate surface area is 79.6 Å². The third-order valence-electron chi connectivity index (χ3n) is 2.32. The van der Waals surface area contributed by atoms with Gasteiger partial charge in [-0.3, -0.25) is 4.90 Å². The van der Waals surface area contributed by atoms with Gasteiger partial charge >= 0.3 is 0 Å². The second-order valence-corrected chi connectivity index (χ2v) is 3.73. The molecule has 0 bridgehead atoms. The number of nitrogens with one attached hydrogen (secondary N) is 1. The van der Waals surface area contributed by atoms with Gasteiger partial charge in [-0.2, -0.15) is 0 Å². The molecule has 2 unspecified atom stereocenters. The highest BCUT2D eigenvalue weighted by atomic mass is 35.5. The average molecular weight is 189 g/mol. The van der Waals surface area contributed by atoms with Crippen molar-refractivity contribution in [2.24, 2.45) is 0 Å². The van der Waals surface area contributed by atoms with E-state index in [1.54, 1.807) is 5.54 Å². The Hall–Kier alpha value is -0.0500. The standard InChI is InChI=1S/C9H17ClN2/c1-8-7-12(5-3-4-10)9(2)6-11-8/h3-4,8-9,11H,5-7H2,1-2H3/b4-3+. The van der Waals surface area contributed by atoms with Gasteiger partial charge < -0.3 is 5.32 Å². The number of hydrogen-bond acceptors (Lipinski definition) is 2. The van der Waals surface area contributed by atoms with Gasteiger partial charge in [0, 0.05) is 37.3 Å². The van der Waals surface area contributed by atoms with Crippen molar-refractivity contribution in [3.8, 4) is 0 Å². The van der Waals surface area contributed by atoms with Crippen LogP contribution in [0.15, 0.2) is 11.6 Å². The molecule has 0 spiro atoms. The Kier molecular flexibility index (Phi) is 4.06. The van der Waals surface area contributed by atoms with Gasteiger partial charge in [-0.05, 0) is 13.8 Å². The molecule has 1 fully saturated rings. The van der Waals surface area contributed by atoms with Crippen molar-refractivity contribution in [3.05, 3.63) is 11.6 Å². The van der Waals surface area contributed by atoms with Crippen molar-refractivity contribution in [1.29, 1.82) is 0 Å². The summed E-state index contributed by atoms with van der Waals surface area (Å²) in [6.07, 6.45) is 2.00. The van der Waals surface area contributed by atoms with E-state index in [0.29, 0.717) is 12.1 Å². The summed E-state index contributed by atoms with van der Waals surface area (Å²) in [5.41, 5.74) is 1.60. The lowest BCUT2D eigenvalue weighted by Gasteiger charge is -2.36. The maximum absolute atomic E-state index is 5.48. The van der Waals surface area contributed by atoms with E-state index in [2.05, 4.69) is 24.1 Å². The Morgan fingerprint density at radius 1 is 1.58 bits per heavy atom. The number of nitrogens with zero attached hydrogens (tertiary/aromatic N) is 1. The molecular weight excluding hydrogens is 172 g/mol. The van der Waals surface area contributed by atoms with Crippen LogP contribution in [0.4, 0.5) is 0 Å².